The molecule has 1 N–H and O–H groups in total. The lowest BCUT2D eigenvalue weighted by molar-refractivity contribution is 1.10. The quantitative estimate of drug-likeness (QED) is 0.911. The fraction of sp³-hybridized carbons (Fsp3) is 0.273. The van der Waals surface area contributed by atoms with Gasteiger partial charge in [0.15, 0.2) is 0 Å². The molecule has 0 spiro atoms. The zero-order valence-corrected chi connectivity index (χ0v) is 10.7. The molecule has 5 heteroatoms. The second-order valence-electron chi connectivity index (χ2n) is 3.45. The van der Waals surface area contributed by atoms with E-state index < -0.39 is 0 Å². The maximum Gasteiger partial charge on any atom is 0.0900 e. The molecule has 0 saturated heterocycles. The minimum atomic E-state index is 0.689. The normalized spacial score (nSPS) is 10.4. The molecule has 16 heavy (non-hydrogen) atoms. The Morgan fingerprint density at radius 1 is 1.44 bits per heavy atom. The van der Waals surface area contributed by atoms with Crippen LogP contribution < -0.4 is 5.32 Å². The third-order valence-electron chi connectivity index (χ3n) is 2.21. The Labute approximate surface area is 104 Å². The largest absolute Gasteiger partial charge is 0.378 e. The van der Waals surface area contributed by atoms with Crippen molar-refractivity contribution in [3.63, 3.8) is 0 Å². The Bertz CT molecular complexity index is 496. The summed E-state index contributed by atoms with van der Waals surface area (Å²) in [5, 5.41) is 5.04. The molecule has 2 aromatic heterocycles. The van der Waals surface area contributed by atoms with E-state index in [-0.39, 0.29) is 0 Å². The van der Waals surface area contributed by atoms with Crippen LogP contribution in [0.4, 0.5) is 5.69 Å². The third kappa shape index (κ3) is 2.51. The van der Waals surface area contributed by atoms with Crippen LogP contribution >= 0.6 is 22.9 Å². The van der Waals surface area contributed by atoms with E-state index in [1.54, 1.807) is 29.8 Å². The Morgan fingerprint density at radius 2 is 2.25 bits per heavy atom. The SMILES string of the molecule is Cc1nc(C)c(CNc2cnccc2Cl)s1. The number of thiazole rings is 1. The molecule has 0 amide bonds. The van der Waals surface area contributed by atoms with E-state index in [1.165, 1.54) is 4.88 Å². The summed E-state index contributed by atoms with van der Waals surface area (Å²) in [6.07, 6.45) is 3.40. The van der Waals surface area contributed by atoms with E-state index in [4.69, 9.17) is 11.6 Å². The number of rotatable bonds is 3. The van der Waals surface area contributed by atoms with Gasteiger partial charge in [0.25, 0.3) is 0 Å². The van der Waals surface area contributed by atoms with Crippen molar-refractivity contribution in [2.75, 3.05) is 5.32 Å². The van der Waals surface area contributed by atoms with Crippen LogP contribution in [0.5, 0.6) is 0 Å². The van der Waals surface area contributed by atoms with Gasteiger partial charge in [-0.25, -0.2) is 4.98 Å². The highest BCUT2D eigenvalue weighted by Gasteiger charge is 2.05. The van der Waals surface area contributed by atoms with Crippen molar-refractivity contribution in [1.29, 1.82) is 0 Å². The predicted molar refractivity (Wildman–Crippen MR) is 68.2 cm³/mol. The molecular weight excluding hydrogens is 242 g/mol. The Balaban J connectivity index is 2.08. The highest BCUT2D eigenvalue weighted by Crippen LogP contribution is 2.22. The fourth-order valence-electron chi connectivity index (χ4n) is 1.42. The van der Waals surface area contributed by atoms with E-state index in [2.05, 4.69) is 15.3 Å². The van der Waals surface area contributed by atoms with Gasteiger partial charge < -0.3 is 5.32 Å². The predicted octanol–water partition coefficient (Wildman–Crippen LogP) is 3.42. The van der Waals surface area contributed by atoms with Gasteiger partial charge in [-0.2, -0.15) is 0 Å². The van der Waals surface area contributed by atoms with Gasteiger partial charge in [0.05, 0.1) is 34.2 Å². The van der Waals surface area contributed by atoms with Crippen LogP contribution in [0, 0.1) is 13.8 Å². The average Bonchev–Trinajstić information content (AvgIpc) is 2.56. The molecule has 0 aromatic carbocycles. The molecule has 0 bridgehead atoms. The average molecular weight is 254 g/mol. The molecule has 0 atom stereocenters. The highest BCUT2D eigenvalue weighted by molar-refractivity contribution is 7.11. The molecule has 0 fully saturated rings. The van der Waals surface area contributed by atoms with Crippen LogP contribution in [0.3, 0.4) is 0 Å². The lowest BCUT2D eigenvalue weighted by Gasteiger charge is -2.06. The number of anilines is 1. The number of aryl methyl sites for hydroxylation is 2. The van der Waals surface area contributed by atoms with Crippen LogP contribution in [0.25, 0.3) is 0 Å². The van der Waals surface area contributed by atoms with E-state index in [0.717, 1.165) is 22.9 Å². The summed E-state index contributed by atoms with van der Waals surface area (Å²) in [4.78, 5) is 9.64. The molecule has 0 unspecified atom stereocenters. The smallest absolute Gasteiger partial charge is 0.0900 e. The summed E-state index contributed by atoms with van der Waals surface area (Å²) in [6.45, 7) is 4.77. The summed E-state index contributed by atoms with van der Waals surface area (Å²) >= 11 is 7.72. The zero-order valence-electron chi connectivity index (χ0n) is 9.12. The van der Waals surface area contributed by atoms with Crippen LogP contribution in [0.15, 0.2) is 18.5 Å². The van der Waals surface area contributed by atoms with Crippen molar-refractivity contribution >= 4 is 28.6 Å². The second-order valence-corrected chi connectivity index (χ2v) is 5.15. The summed E-state index contributed by atoms with van der Waals surface area (Å²) in [7, 11) is 0. The topological polar surface area (TPSA) is 37.8 Å². The number of nitrogens with one attached hydrogen (secondary N) is 1. The second kappa shape index (κ2) is 4.80. The number of halogens is 1. The van der Waals surface area contributed by atoms with Gasteiger partial charge >= 0.3 is 0 Å². The van der Waals surface area contributed by atoms with Gasteiger partial charge in [-0.3, -0.25) is 4.98 Å². The van der Waals surface area contributed by atoms with Crippen LogP contribution in [-0.2, 0) is 6.54 Å². The zero-order chi connectivity index (χ0) is 11.5. The van der Waals surface area contributed by atoms with Crippen LogP contribution in [0.2, 0.25) is 5.02 Å². The fourth-order valence-corrected chi connectivity index (χ4v) is 2.47. The van der Waals surface area contributed by atoms with E-state index in [9.17, 15) is 0 Å². The molecule has 2 heterocycles. The molecular formula is C11H12ClN3S. The molecule has 84 valence electrons. The van der Waals surface area contributed by atoms with E-state index in [0.29, 0.717) is 5.02 Å². The number of aromatic nitrogens is 2. The van der Waals surface area contributed by atoms with Gasteiger partial charge in [-0.05, 0) is 19.9 Å². The third-order valence-corrected chi connectivity index (χ3v) is 3.61. The van der Waals surface area contributed by atoms with Gasteiger partial charge in [0, 0.05) is 11.1 Å². The number of hydrogen-bond acceptors (Lipinski definition) is 4. The first-order valence-electron chi connectivity index (χ1n) is 4.93. The molecule has 2 aromatic rings. The standard InChI is InChI=1S/C11H12ClN3S/c1-7-11(16-8(2)15-7)6-14-10-5-13-4-3-9(10)12/h3-5,14H,6H2,1-2H3. The summed E-state index contributed by atoms with van der Waals surface area (Å²) < 4.78 is 0. The van der Waals surface area contributed by atoms with E-state index >= 15 is 0 Å². The van der Waals surface area contributed by atoms with Gasteiger partial charge in [-0.1, -0.05) is 11.6 Å². The first-order valence-corrected chi connectivity index (χ1v) is 6.12. The summed E-state index contributed by atoms with van der Waals surface area (Å²) in [5.74, 6) is 0. The molecule has 0 saturated carbocycles. The maximum absolute atomic E-state index is 6.02. The van der Waals surface area contributed by atoms with Crippen molar-refractivity contribution in [1.82, 2.24) is 9.97 Å². The number of hydrogen-bond donors (Lipinski definition) is 1. The van der Waals surface area contributed by atoms with Gasteiger partial charge in [0.2, 0.25) is 0 Å². The summed E-state index contributed by atoms with van der Waals surface area (Å²) in [5.41, 5.74) is 1.93. The van der Waals surface area contributed by atoms with Crippen molar-refractivity contribution in [2.24, 2.45) is 0 Å². The minimum absolute atomic E-state index is 0.689. The maximum atomic E-state index is 6.02. The first-order chi connectivity index (χ1) is 7.66. The van der Waals surface area contributed by atoms with Gasteiger partial charge in [0.1, 0.15) is 0 Å². The number of nitrogens with zero attached hydrogens (tertiary/aromatic N) is 2. The lowest BCUT2D eigenvalue weighted by Crippen LogP contribution is -1.99. The van der Waals surface area contributed by atoms with Crippen molar-refractivity contribution in [3.05, 3.63) is 39.1 Å². The van der Waals surface area contributed by atoms with Crippen molar-refractivity contribution < 1.29 is 0 Å². The van der Waals surface area contributed by atoms with Crippen molar-refractivity contribution in [2.45, 2.75) is 20.4 Å². The van der Waals surface area contributed by atoms with Crippen LogP contribution in [-0.4, -0.2) is 9.97 Å². The molecule has 0 aliphatic rings. The molecule has 2 rings (SSSR count). The van der Waals surface area contributed by atoms with Gasteiger partial charge in [-0.15, -0.1) is 11.3 Å². The molecule has 0 aliphatic heterocycles. The minimum Gasteiger partial charge on any atom is -0.378 e. The van der Waals surface area contributed by atoms with E-state index in [1.807, 2.05) is 13.8 Å². The molecule has 3 nitrogen and oxygen atoms in total. The molecule has 0 radical (unpaired) electrons. The highest BCUT2D eigenvalue weighted by atomic mass is 35.5. The first kappa shape index (κ1) is 11.4. The van der Waals surface area contributed by atoms with Crippen LogP contribution in [0.1, 0.15) is 15.6 Å². The van der Waals surface area contributed by atoms with Crippen molar-refractivity contribution in [3.8, 4) is 0 Å². The Kier molecular flexibility index (Phi) is 3.41. The lowest BCUT2D eigenvalue weighted by atomic mass is 10.3. The summed E-state index contributed by atoms with van der Waals surface area (Å²) in [6, 6.07) is 1.77. The molecule has 0 aliphatic carbocycles. The Morgan fingerprint density at radius 3 is 2.88 bits per heavy atom. The monoisotopic (exact) mass is 253 g/mol. The number of pyridine rings is 1. The Hall–Kier alpha value is -1.13.